The van der Waals surface area contributed by atoms with E-state index >= 15 is 0 Å². The molecule has 19 heavy (non-hydrogen) atoms. The lowest BCUT2D eigenvalue weighted by atomic mass is 10.3. The van der Waals surface area contributed by atoms with Crippen LogP contribution in [-0.2, 0) is 10.0 Å². The Morgan fingerprint density at radius 1 is 1.26 bits per heavy atom. The summed E-state index contributed by atoms with van der Waals surface area (Å²) >= 11 is 0. The van der Waals surface area contributed by atoms with Crippen molar-refractivity contribution in [2.45, 2.75) is 30.7 Å². The highest BCUT2D eigenvalue weighted by atomic mass is 32.2. The zero-order valence-corrected chi connectivity index (χ0v) is 11.8. The molecule has 4 nitrogen and oxygen atoms in total. The van der Waals surface area contributed by atoms with Gasteiger partial charge in [0.05, 0.1) is 4.90 Å². The quantitative estimate of drug-likeness (QED) is 0.894. The van der Waals surface area contributed by atoms with Gasteiger partial charge in [-0.25, -0.2) is 17.5 Å². The molecule has 2 rings (SSSR count). The summed E-state index contributed by atoms with van der Waals surface area (Å²) in [5.41, 5.74) is 0. The Bertz CT molecular complexity index is 510. The molecule has 1 fully saturated rings. The average molecular weight is 286 g/mol. The van der Waals surface area contributed by atoms with Crippen LogP contribution in [0.1, 0.15) is 19.8 Å². The van der Waals surface area contributed by atoms with Crippen molar-refractivity contribution in [3.8, 4) is 0 Å². The summed E-state index contributed by atoms with van der Waals surface area (Å²) in [6.07, 6.45) is 2.36. The molecule has 0 radical (unpaired) electrons. The molecule has 0 amide bonds. The smallest absolute Gasteiger partial charge is 0.240 e. The van der Waals surface area contributed by atoms with Crippen LogP contribution in [0.25, 0.3) is 0 Å². The van der Waals surface area contributed by atoms with Gasteiger partial charge in [-0.2, -0.15) is 0 Å². The molecule has 0 aliphatic carbocycles. The van der Waals surface area contributed by atoms with Crippen LogP contribution in [0.3, 0.4) is 0 Å². The molecule has 1 atom stereocenters. The van der Waals surface area contributed by atoms with Gasteiger partial charge in [-0.3, -0.25) is 0 Å². The summed E-state index contributed by atoms with van der Waals surface area (Å²) in [4.78, 5) is 2.35. The molecule has 1 aliphatic heterocycles. The van der Waals surface area contributed by atoms with E-state index in [1.165, 1.54) is 25.0 Å². The Morgan fingerprint density at radius 3 is 2.42 bits per heavy atom. The molecule has 1 N–H and O–H groups in total. The fraction of sp³-hybridized carbons (Fsp3) is 0.538. The molecule has 0 saturated carbocycles. The first-order valence-corrected chi connectivity index (χ1v) is 7.96. The van der Waals surface area contributed by atoms with Crippen LogP contribution in [0.2, 0.25) is 0 Å². The molecule has 0 bridgehead atoms. The van der Waals surface area contributed by atoms with Crippen molar-refractivity contribution >= 4 is 10.0 Å². The maximum absolute atomic E-state index is 12.8. The number of benzene rings is 1. The van der Waals surface area contributed by atoms with Crippen molar-refractivity contribution in [2.24, 2.45) is 0 Å². The van der Waals surface area contributed by atoms with E-state index in [0.29, 0.717) is 6.54 Å². The summed E-state index contributed by atoms with van der Waals surface area (Å²) in [6.45, 7) is 4.62. The second kappa shape index (κ2) is 5.98. The van der Waals surface area contributed by atoms with Gasteiger partial charge in [0.1, 0.15) is 5.82 Å². The van der Waals surface area contributed by atoms with Gasteiger partial charge in [0.25, 0.3) is 0 Å². The lowest BCUT2D eigenvalue weighted by Crippen LogP contribution is -2.40. The molecule has 1 unspecified atom stereocenters. The molecule has 1 saturated heterocycles. The number of likely N-dealkylation sites (tertiary alicyclic amines) is 1. The lowest BCUT2D eigenvalue weighted by molar-refractivity contribution is 0.313. The molecule has 106 valence electrons. The fourth-order valence-corrected chi connectivity index (χ4v) is 3.57. The fourth-order valence-electron chi connectivity index (χ4n) is 2.34. The van der Waals surface area contributed by atoms with E-state index in [0.717, 1.165) is 25.2 Å². The maximum Gasteiger partial charge on any atom is 0.240 e. The van der Waals surface area contributed by atoms with E-state index in [2.05, 4.69) is 9.62 Å². The Labute approximate surface area is 113 Å². The van der Waals surface area contributed by atoms with E-state index in [4.69, 9.17) is 0 Å². The normalized spacial score (nSPS) is 18.6. The third-order valence-corrected chi connectivity index (χ3v) is 4.82. The van der Waals surface area contributed by atoms with Gasteiger partial charge in [0, 0.05) is 12.6 Å². The largest absolute Gasteiger partial charge is 0.302 e. The highest BCUT2D eigenvalue weighted by Crippen LogP contribution is 2.12. The Morgan fingerprint density at radius 2 is 1.84 bits per heavy atom. The van der Waals surface area contributed by atoms with Gasteiger partial charge in [0.2, 0.25) is 10.0 Å². The average Bonchev–Trinajstić information content (AvgIpc) is 2.81. The van der Waals surface area contributed by atoms with Crippen LogP contribution >= 0.6 is 0 Å². The number of nitrogens with zero attached hydrogens (tertiary/aromatic N) is 1. The first-order valence-electron chi connectivity index (χ1n) is 6.47. The van der Waals surface area contributed by atoms with E-state index in [1.54, 1.807) is 0 Å². The zero-order valence-electron chi connectivity index (χ0n) is 11.0. The Hall–Kier alpha value is -0.980. The third-order valence-electron chi connectivity index (χ3n) is 3.21. The summed E-state index contributed by atoms with van der Waals surface area (Å²) in [7, 11) is -3.56. The van der Waals surface area contributed by atoms with Gasteiger partial charge in [-0.1, -0.05) is 0 Å². The predicted molar refractivity (Wildman–Crippen MR) is 71.9 cm³/mol. The van der Waals surface area contributed by atoms with Gasteiger partial charge < -0.3 is 4.90 Å². The van der Waals surface area contributed by atoms with Crippen LogP contribution in [0.4, 0.5) is 4.39 Å². The molecule has 1 aliphatic rings. The van der Waals surface area contributed by atoms with Crippen LogP contribution in [-0.4, -0.2) is 39.0 Å². The van der Waals surface area contributed by atoms with E-state index < -0.39 is 15.8 Å². The molecule has 1 heterocycles. The predicted octanol–water partition coefficient (Wildman–Crippen LogP) is 1.59. The molecule has 0 aromatic heterocycles. The highest BCUT2D eigenvalue weighted by molar-refractivity contribution is 7.89. The molecular formula is C13H19FN2O2S. The Kier molecular flexibility index (Phi) is 4.54. The van der Waals surface area contributed by atoms with Crippen LogP contribution in [0, 0.1) is 5.82 Å². The zero-order chi connectivity index (χ0) is 13.9. The summed E-state index contributed by atoms with van der Waals surface area (Å²) in [5, 5.41) is 0. The topological polar surface area (TPSA) is 49.4 Å². The SMILES string of the molecule is CC(CN1CCCC1)NS(=O)(=O)c1ccc(F)cc1. The van der Waals surface area contributed by atoms with E-state index in [-0.39, 0.29) is 10.9 Å². The first kappa shape index (κ1) is 14.4. The van der Waals surface area contributed by atoms with E-state index in [9.17, 15) is 12.8 Å². The minimum atomic E-state index is -3.56. The maximum atomic E-state index is 12.8. The highest BCUT2D eigenvalue weighted by Gasteiger charge is 2.20. The number of halogens is 1. The van der Waals surface area contributed by atoms with Crippen molar-refractivity contribution in [1.29, 1.82) is 0 Å². The lowest BCUT2D eigenvalue weighted by Gasteiger charge is -2.21. The summed E-state index contributed by atoms with van der Waals surface area (Å²) in [6, 6.07) is 4.70. The van der Waals surface area contributed by atoms with E-state index in [1.807, 2.05) is 6.92 Å². The Balaban J connectivity index is 1.98. The molecular weight excluding hydrogens is 267 g/mol. The van der Waals surface area contributed by atoms with Crippen molar-refractivity contribution in [1.82, 2.24) is 9.62 Å². The van der Waals surface area contributed by atoms with Gasteiger partial charge >= 0.3 is 0 Å². The second-order valence-electron chi connectivity index (χ2n) is 4.98. The third kappa shape index (κ3) is 3.99. The van der Waals surface area contributed by atoms with Gasteiger partial charge in [0.15, 0.2) is 0 Å². The van der Waals surface area contributed by atoms with Crippen molar-refractivity contribution in [3.05, 3.63) is 30.1 Å². The van der Waals surface area contributed by atoms with Crippen molar-refractivity contribution < 1.29 is 12.8 Å². The molecule has 1 aromatic rings. The van der Waals surface area contributed by atoms with Crippen LogP contribution in [0.5, 0.6) is 0 Å². The van der Waals surface area contributed by atoms with Crippen LogP contribution in [0.15, 0.2) is 29.2 Å². The standard InChI is InChI=1S/C13H19FN2O2S/c1-11(10-16-8-2-3-9-16)15-19(17,18)13-6-4-12(14)5-7-13/h4-7,11,15H,2-3,8-10H2,1H3. The van der Waals surface area contributed by atoms with Gasteiger partial charge in [-0.05, 0) is 57.1 Å². The first-order chi connectivity index (χ1) is 8.97. The summed E-state index contributed by atoms with van der Waals surface area (Å²) < 4.78 is 39.6. The number of rotatable bonds is 5. The minimum Gasteiger partial charge on any atom is -0.302 e. The van der Waals surface area contributed by atoms with Gasteiger partial charge in [-0.15, -0.1) is 0 Å². The van der Waals surface area contributed by atoms with Crippen LogP contribution < -0.4 is 4.72 Å². The molecule has 6 heteroatoms. The number of nitrogens with one attached hydrogen (secondary N) is 1. The number of sulfonamides is 1. The van der Waals surface area contributed by atoms with Crippen molar-refractivity contribution in [3.63, 3.8) is 0 Å². The number of hydrogen-bond donors (Lipinski definition) is 1. The number of hydrogen-bond acceptors (Lipinski definition) is 3. The minimum absolute atomic E-state index is 0.0992. The molecule has 1 aromatic carbocycles. The van der Waals surface area contributed by atoms with Crippen molar-refractivity contribution in [2.75, 3.05) is 19.6 Å². The summed E-state index contributed by atoms with van der Waals surface area (Å²) in [5.74, 6) is -0.441. The second-order valence-corrected chi connectivity index (χ2v) is 6.70. The molecule has 0 spiro atoms. The monoisotopic (exact) mass is 286 g/mol.